The van der Waals surface area contributed by atoms with E-state index in [1.165, 1.54) is 11.8 Å². The Hall–Kier alpha value is -3.00. The number of carbonyl (C=O) groups excluding carboxylic acids is 1. The maximum atomic E-state index is 13.1. The Bertz CT molecular complexity index is 1050. The fraction of sp³-hybridized carbons (Fsp3) is 0.375. The number of hydrogen-bond acceptors (Lipinski definition) is 7. The van der Waals surface area contributed by atoms with Crippen LogP contribution in [0.15, 0.2) is 47.6 Å². The van der Waals surface area contributed by atoms with Crippen LogP contribution in [0, 0.1) is 0 Å². The van der Waals surface area contributed by atoms with Gasteiger partial charge < -0.3 is 18.8 Å². The predicted octanol–water partition coefficient (Wildman–Crippen LogP) is 5.13. The third-order valence-electron chi connectivity index (χ3n) is 5.12. The number of carbonyl (C=O) groups is 1. The second-order valence-corrected chi connectivity index (χ2v) is 8.54. The second kappa shape index (κ2) is 11.0. The van der Waals surface area contributed by atoms with Crippen LogP contribution in [0.1, 0.15) is 37.0 Å². The van der Waals surface area contributed by atoms with Gasteiger partial charge in [-0.2, -0.15) is 0 Å². The summed E-state index contributed by atoms with van der Waals surface area (Å²) in [5.41, 5.74) is 1.53. The maximum absolute atomic E-state index is 13.1. The van der Waals surface area contributed by atoms with Gasteiger partial charge in [-0.25, -0.2) is 0 Å². The number of thioether (sulfide) groups is 1. The number of ether oxygens (including phenoxy) is 3. The van der Waals surface area contributed by atoms with Crippen molar-refractivity contribution >= 4 is 17.5 Å². The van der Waals surface area contributed by atoms with E-state index in [1.54, 1.807) is 39.5 Å². The van der Waals surface area contributed by atoms with Crippen LogP contribution in [0.5, 0.6) is 17.2 Å². The topological polar surface area (TPSA) is 75.5 Å². The molecule has 0 aliphatic rings. The molecule has 1 heterocycles. The van der Waals surface area contributed by atoms with Gasteiger partial charge in [0.25, 0.3) is 0 Å². The minimum atomic E-state index is -0.346. The number of Topliss-reactive ketones (excluding diaryl/α,β-unsaturated/α-hetero) is 1. The number of aromatic nitrogens is 3. The molecule has 32 heavy (non-hydrogen) atoms. The Morgan fingerprint density at radius 1 is 1.00 bits per heavy atom. The highest BCUT2D eigenvalue weighted by Gasteiger charge is 2.23. The van der Waals surface area contributed by atoms with Crippen molar-refractivity contribution in [1.82, 2.24) is 14.8 Å². The Morgan fingerprint density at radius 2 is 1.72 bits per heavy atom. The highest BCUT2D eigenvalue weighted by Crippen LogP contribution is 2.32. The number of methoxy groups -OCH3 is 3. The van der Waals surface area contributed by atoms with Gasteiger partial charge in [0.05, 0.1) is 26.6 Å². The minimum Gasteiger partial charge on any atom is -0.497 e. The standard InChI is InChI=1S/C24H29N3O4S/c1-6-7-14-27-23(17-8-11-19(29-3)12-9-17)25-26-24(27)32-16(2)22(28)18-10-13-20(30-4)21(15-18)31-5/h8-13,15-16H,6-7,14H2,1-5H3. The molecule has 0 fully saturated rings. The summed E-state index contributed by atoms with van der Waals surface area (Å²) in [5, 5.41) is 9.23. The number of unbranched alkanes of at least 4 members (excludes halogenated alkanes) is 1. The van der Waals surface area contributed by atoms with E-state index in [0.717, 1.165) is 41.7 Å². The van der Waals surface area contributed by atoms with Gasteiger partial charge in [-0.1, -0.05) is 25.1 Å². The summed E-state index contributed by atoms with van der Waals surface area (Å²) in [6.07, 6.45) is 2.04. The lowest BCUT2D eigenvalue weighted by Gasteiger charge is -2.14. The van der Waals surface area contributed by atoms with Crippen molar-refractivity contribution in [3.8, 4) is 28.6 Å². The first kappa shape index (κ1) is 23.7. The van der Waals surface area contributed by atoms with Gasteiger partial charge in [-0.3, -0.25) is 4.79 Å². The quantitative estimate of drug-likeness (QED) is 0.293. The smallest absolute Gasteiger partial charge is 0.192 e. The molecule has 0 spiro atoms. The lowest BCUT2D eigenvalue weighted by Crippen LogP contribution is -2.15. The van der Waals surface area contributed by atoms with Crippen LogP contribution in [0.2, 0.25) is 0 Å². The molecule has 0 amide bonds. The fourth-order valence-electron chi connectivity index (χ4n) is 3.28. The Morgan fingerprint density at radius 3 is 2.34 bits per heavy atom. The first-order chi connectivity index (χ1) is 15.5. The zero-order chi connectivity index (χ0) is 23.1. The van der Waals surface area contributed by atoms with Crippen molar-refractivity contribution in [2.45, 2.75) is 43.6 Å². The molecule has 0 saturated heterocycles. The number of nitrogens with zero attached hydrogens (tertiary/aromatic N) is 3. The summed E-state index contributed by atoms with van der Waals surface area (Å²) < 4.78 is 18.0. The van der Waals surface area contributed by atoms with Crippen molar-refractivity contribution in [2.24, 2.45) is 0 Å². The Balaban J connectivity index is 1.85. The van der Waals surface area contributed by atoms with Crippen molar-refractivity contribution in [2.75, 3.05) is 21.3 Å². The largest absolute Gasteiger partial charge is 0.497 e. The summed E-state index contributed by atoms with van der Waals surface area (Å²) in [4.78, 5) is 13.1. The van der Waals surface area contributed by atoms with Crippen molar-refractivity contribution in [3.05, 3.63) is 48.0 Å². The van der Waals surface area contributed by atoms with Crippen LogP contribution >= 0.6 is 11.8 Å². The maximum Gasteiger partial charge on any atom is 0.192 e. The molecule has 170 valence electrons. The van der Waals surface area contributed by atoms with Gasteiger partial charge in [-0.15, -0.1) is 10.2 Å². The lowest BCUT2D eigenvalue weighted by atomic mass is 10.1. The third kappa shape index (κ3) is 5.24. The van der Waals surface area contributed by atoms with E-state index in [-0.39, 0.29) is 11.0 Å². The molecular weight excluding hydrogens is 426 g/mol. The third-order valence-corrected chi connectivity index (χ3v) is 6.20. The first-order valence-electron chi connectivity index (χ1n) is 10.5. The minimum absolute atomic E-state index is 0.00741. The molecule has 3 aromatic rings. The van der Waals surface area contributed by atoms with Crippen LogP contribution in [-0.4, -0.2) is 47.1 Å². The van der Waals surface area contributed by atoms with Crippen LogP contribution in [0.4, 0.5) is 0 Å². The van der Waals surface area contributed by atoms with Crippen LogP contribution < -0.4 is 14.2 Å². The highest BCUT2D eigenvalue weighted by atomic mass is 32.2. The van der Waals surface area contributed by atoms with Crippen molar-refractivity contribution in [1.29, 1.82) is 0 Å². The van der Waals surface area contributed by atoms with Crippen molar-refractivity contribution in [3.63, 3.8) is 0 Å². The van der Waals surface area contributed by atoms with Crippen LogP contribution in [0.25, 0.3) is 11.4 Å². The predicted molar refractivity (Wildman–Crippen MR) is 126 cm³/mol. The van der Waals surface area contributed by atoms with E-state index in [1.807, 2.05) is 31.2 Å². The Kier molecular flexibility index (Phi) is 8.16. The number of rotatable bonds is 11. The molecule has 0 bridgehead atoms. The van der Waals surface area contributed by atoms with Gasteiger partial charge in [0.1, 0.15) is 5.75 Å². The van der Waals surface area contributed by atoms with E-state index in [9.17, 15) is 4.79 Å². The van der Waals surface area contributed by atoms with E-state index >= 15 is 0 Å². The van der Waals surface area contributed by atoms with E-state index < -0.39 is 0 Å². The highest BCUT2D eigenvalue weighted by molar-refractivity contribution is 8.00. The molecule has 0 aliphatic carbocycles. The summed E-state index contributed by atoms with van der Waals surface area (Å²) in [5.74, 6) is 2.69. The first-order valence-corrected chi connectivity index (χ1v) is 11.4. The zero-order valence-corrected chi connectivity index (χ0v) is 19.9. The second-order valence-electron chi connectivity index (χ2n) is 7.23. The summed E-state index contributed by atoms with van der Waals surface area (Å²) in [7, 11) is 4.77. The van der Waals surface area contributed by atoms with Crippen molar-refractivity contribution < 1.29 is 19.0 Å². The summed E-state index contributed by atoms with van der Waals surface area (Å²) in [6.45, 7) is 4.81. The molecule has 0 N–H and O–H groups in total. The SMILES string of the molecule is CCCCn1c(SC(C)C(=O)c2ccc(OC)c(OC)c2)nnc1-c1ccc(OC)cc1. The van der Waals surface area contributed by atoms with Crippen LogP contribution in [-0.2, 0) is 6.54 Å². The zero-order valence-electron chi connectivity index (χ0n) is 19.1. The molecule has 3 rings (SSSR count). The molecule has 1 unspecified atom stereocenters. The number of benzene rings is 2. The monoisotopic (exact) mass is 455 g/mol. The summed E-state index contributed by atoms with van der Waals surface area (Å²) >= 11 is 1.41. The molecule has 1 aromatic heterocycles. The van der Waals surface area contributed by atoms with Gasteiger partial charge in [0.15, 0.2) is 28.3 Å². The van der Waals surface area contributed by atoms with Crippen LogP contribution in [0.3, 0.4) is 0 Å². The average Bonchev–Trinajstić information content (AvgIpc) is 3.23. The molecule has 8 heteroatoms. The van der Waals surface area contributed by atoms with E-state index in [4.69, 9.17) is 14.2 Å². The fourth-order valence-corrected chi connectivity index (χ4v) is 4.24. The molecule has 1 atom stereocenters. The van der Waals surface area contributed by atoms with Gasteiger partial charge >= 0.3 is 0 Å². The van der Waals surface area contributed by atoms with Gasteiger partial charge in [-0.05, 0) is 55.8 Å². The molecule has 0 saturated carbocycles. The molecule has 7 nitrogen and oxygen atoms in total. The summed E-state index contributed by atoms with van der Waals surface area (Å²) in [6, 6.07) is 13.0. The normalized spacial score (nSPS) is 11.8. The number of hydrogen-bond donors (Lipinski definition) is 0. The molecular formula is C24H29N3O4S. The Labute approximate surface area is 193 Å². The van der Waals surface area contributed by atoms with E-state index in [2.05, 4.69) is 21.7 Å². The van der Waals surface area contributed by atoms with Gasteiger partial charge in [0.2, 0.25) is 0 Å². The molecule has 0 radical (unpaired) electrons. The molecule has 2 aromatic carbocycles. The molecule has 0 aliphatic heterocycles. The number of ketones is 1. The van der Waals surface area contributed by atoms with E-state index in [0.29, 0.717) is 17.1 Å². The lowest BCUT2D eigenvalue weighted by molar-refractivity contribution is 0.0993. The average molecular weight is 456 g/mol. The van der Waals surface area contributed by atoms with Gasteiger partial charge in [0, 0.05) is 17.7 Å².